The zero-order valence-corrected chi connectivity index (χ0v) is 19.4. The van der Waals surface area contributed by atoms with Crippen LogP contribution in [0.25, 0.3) is 6.08 Å². The molecule has 3 aromatic rings. The molecule has 0 spiro atoms. The summed E-state index contributed by atoms with van der Waals surface area (Å²) in [6.45, 7) is 1.82. The number of nitro benzene ring substituents is 1. The predicted octanol–water partition coefficient (Wildman–Crippen LogP) is 3.34. The molecule has 1 heterocycles. The van der Waals surface area contributed by atoms with Crippen LogP contribution in [0.2, 0.25) is 0 Å². The average Bonchev–Trinajstić information content (AvgIpc) is 2.83. The van der Waals surface area contributed by atoms with Gasteiger partial charge in [-0.3, -0.25) is 25.0 Å². The second-order valence-electron chi connectivity index (χ2n) is 7.65. The monoisotopic (exact) mass is 507 g/mol. The van der Waals surface area contributed by atoms with Crippen molar-refractivity contribution in [2.24, 2.45) is 0 Å². The van der Waals surface area contributed by atoms with E-state index >= 15 is 0 Å². The van der Waals surface area contributed by atoms with Gasteiger partial charge in [-0.2, -0.15) is 8.42 Å². The zero-order chi connectivity index (χ0) is 26.0. The number of non-ortho nitro benzene ring substituents is 1. The molecule has 11 nitrogen and oxygen atoms in total. The number of barbiturate groups is 1. The van der Waals surface area contributed by atoms with Gasteiger partial charge in [-0.15, -0.1) is 0 Å². The van der Waals surface area contributed by atoms with E-state index in [1.54, 1.807) is 12.1 Å². The van der Waals surface area contributed by atoms with Crippen LogP contribution in [0.5, 0.6) is 5.75 Å². The first kappa shape index (κ1) is 24.3. The molecule has 4 amide bonds. The van der Waals surface area contributed by atoms with E-state index in [0.717, 1.165) is 17.7 Å². The molecule has 1 saturated heterocycles. The predicted molar refractivity (Wildman–Crippen MR) is 128 cm³/mol. The highest BCUT2D eigenvalue weighted by atomic mass is 32.2. The van der Waals surface area contributed by atoms with E-state index in [4.69, 9.17) is 4.18 Å². The summed E-state index contributed by atoms with van der Waals surface area (Å²) < 4.78 is 30.0. The first-order chi connectivity index (χ1) is 17.0. The number of carbonyl (C=O) groups excluding carboxylic acids is 3. The van der Waals surface area contributed by atoms with Crippen molar-refractivity contribution in [2.45, 2.75) is 11.8 Å². The average molecular weight is 507 g/mol. The third kappa shape index (κ3) is 4.98. The number of anilines is 1. The fourth-order valence-corrected chi connectivity index (χ4v) is 4.21. The molecule has 0 radical (unpaired) electrons. The number of nitrogens with one attached hydrogen (secondary N) is 1. The van der Waals surface area contributed by atoms with Crippen LogP contribution in [0, 0.1) is 17.0 Å². The van der Waals surface area contributed by atoms with E-state index in [0.29, 0.717) is 10.5 Å². The Morgan fingerprint density at radius 3 is 2.11 bits per heavy atom. The molecule has 3 aromatic carbocycles. The second-order valence-corrected chi connectivity index (χ2v) is 9.20. The summed E-state index contributed by atoms with van der Waals surface area (Å²) in [7, 11) is -4.06. The van der Waals surface area contributed by atoms with Gasteiger partial charge in [0.15, 0.2) is 0 Å². The molecule has 1 N–H and O–H groups in total. The molecule has 36 heavy (non-hydrogen) atoms. The van der Waals surface area contributed by atoms with Crippen LogP contribution >= 0.6 is 0 Å². The van der Waals surface area contributed by atoms with Gasteiger partial charge in [0.05, 0.1) is 10.6 Å². The topological polar surface area (TPSA) is 153 Å². The number of urea groups is 1. The fourth-order valence-electron chi connectivity index (χ4n) is 3.28. The number of hydrogen-bond acceptors (Lipinski definition) is 8. The molecule has 12 heteroatoms. The zero-order valence-electron chi connectivity index (χ0n) is 18.6. The Morgan fingerprint density at radius 2 is 1.53 bits per heavy atom. The number of nitrogens with zero attached hydrogens (tertiary/aromatic N) is 2. The van der Waals surface area contributed by atoms with E-state index < -0.39 is 32.9 Å². The number of benzene rings is 3. The normalized spacial score (nSPS) is 15.1. The van der Waals surface area contributed by atoms with Crippen molar-refractivity contribution in [1.29, 1.82) is 0 Å². The largest absolute Gasteiger partial charge is 0.379 e. The maximum atomic E-state index is 12.9. The molecule has 4 rings (SSSR count). The van der Waals surface area contributed by atoms with Crippen molar-refractivity contribution in [3.63, 3.8) is 0 Å². The maximum Gasteiger partial charge on any atom is 0.339 e. The van der Waals surface area contributed by atoms with Crippen molar-refractivity contribution in [3.8, 4) is 5.75 Å². The van der Waals surface area contributed by atoms with E-state index in [1.165, 1.54) is 54.6 Å². The van der Waals surface area contributed by atoms with Crippen molar-refractivity contribution in [3.05, 3.63) is 99.6 Å². The van der Waals surface area contributed by atoms with E-state index in [9.17, 15) is 32.9 Å². The minimum absolute atomic E-state index is 0.0137. The lowest BCUT2D eigenvalue weighted by molar-refractivity contribution is -0.384. The van der Waals surface area contributed by atoms with Gasteiger partial charge >= 0.3 is 16.1 Å². The number of nitro groups is 1. The maximum absolute atomic E-state index is 12.9. The highest BCUT2D eigenvalue weighted by Gasteiger charge is 2.37. The van der Waals surface area contributed by atoms with Crippen molar-refractivity contribution >= 4 is 45.4 Å². The molecule has 1 aliphatic heterocycles. The Bertz CT molecular complexity index is 1510. The number of carbonyl (C=O) groups is 3. The number of rotatable bonds is 6. The molecular formula is C24H17N3O8S. The van der Waals surface area contributed by atoms with Gasteiger partial charge in [-0.25, -0.2) is 9.69 Å². The molecular weight excluding hydrogens is 490 g/mol. The molecule has 0 aromatic heterocycles. The number of hydrogen-bond donors (Lipinski definition) is 1. The van der Waals surface area contributed by atoms with Crippen molar-refractivity contribution in [2.75, 3.05) is 4.90 Å². The first-order valence-electron chi connectivity index (χ1n) is 10.3. The molecule has 0 saturated carbocycles. The lowest BCUT2D eigenvalue weighted by Crippen LogP contribution is -2.54. The van der Waals surface area contributed by atoms with Gasteiger partial charge in [0.25, 0.3) is 17.5 Å². The SMILES string of the molecule is Cc1ccc(S(=O)(=O)Oc2ccc(/C=C3\C(=O)NC(=O)N(c4ccc([N+](=O)[O-])cc4)C3=O)cc2)cc1. The number of aryl methyl sites for hydroxylation is 1. The summed E-state index contributed by atoms with van der Waals surface area (Å²) in [5, 5.41) is 12.9. The minimum atomic E-state index is -4.06. The van der Waals surface area contributed by atoms with Gasteiger partial charge in [0.1, 0.15) is 16.2 Å². The summed E-state index contributed by atoms with van der Waals surface area (Å²) >= 11 is 0. The Balaban J connectivity index is 1.56. The smallest absolute Gasteiger partial charge is 0.339 e. The van der Waals surface area contributed by atoms with Gasteiger partial charge in [-0.05, 0) is 55.0 Å². The summed E-state index contributed by atoms with van der Waals surface area (Å²) in [4.78, 5) is 48.5. The number of imide groups is 2. The lowest BCUT2D eigenvalue weighted by Gasteiger charge is -2.26. The number of amides is 4. The molecule has 182 valence electrons. The molecule has 0 unspecified atom stereocenters. The standard InChI is InChI=1S/C24H17N3O8S/c1-15-2-12-20(13-3-15)36(33,34)35-19-10-4-16(5-11-19)14-21-22(28)25-24(30)26(23(21)29)17-6-8-18(9-7-17)27(31)32/h2-14H,1H3,(H,25,28,30)/b21-14+. The Kier molecular flexibility index (Phi) is 6.36. The van der Waals surface area contributed by atoms with Crippen LogP contribution in [0.15, 0.2) is 83.3 Å². The Morgan fingerprint density at radius 1 is 0.917 bits per heavy atom. The van der Waals surface area contributed by atoms with Crippen LogP contribution in [0.1, 0.15) is 11.1 Å². The van der Waals surface area contributed by atoms with Crippen molar-refractivity contribution < 1.29 is 31.9 Å². The van der Waals surface area contributed by atoms with E-state index in [1.807, 2.05) is 6.92 Å². The highest BCUT2D eigenvalue weighted by molar-refractivity contribution is 7.87. The third-order valence-corrected chi connectivity index (χ3v) is 6.39. The summed E-state index contributed by atoms with van der Waals surface area (Å²) in [5.74, 6) is -1.84. The molecule has 0 atom stereocenters. The van der Waals surface area contributed by atoms with Crippen LogP contribution in [0.4, 0.5) is 16.2 Å². The quantitative estimate of drug-likeness (QED) is 0.175. The van der Waals surface area contributed by atoms with Crippen LogP contribution < -0.4 is 14.4 Å². The van der Waals surface area contributed by atoms with Gasteiger partial charge in [0, 0.05) is 12.1 Å². The Hall–Kier alpha value is -4.84. The lowest BCUT2D eigenvalue weighted by atomic mass is 10.1. The summed E-state index contributed by atoms with van der Waals surface area (Å²) in [6.07, 6.45) is 1.22. The molecule has 1 fully saturated rings. The van der Waals surface area contributed by atoms with Gasteiger partial charge < -0.3 is 4.18 Å². The van der Waals surface area contributed by atoms with Crippen LogP contribution in [-0.2, 0) is 19.7 Å². The summed E-state index contributed by atoms with van der Waals surface area (Å²) in [5.41, 5.74) is 0.677. The first-order valence-corrected chi connectivity index (χ1v) is 11.7. The van der Waals surface area contributed by atoms with Gasteiger partial charge in [-0.1, -0.05) is 29.8 Å². The van der Waals surface area contributed by atoms with E-state index in [2.05, 4.69) is 5.32 Å². The minimum Gasteiger partial charge on any atom is -0.379 e. The third-order valence-electron chi connectivity index (χ3n) is 5.13. The van der Waals surface area contributed by atoms with Crippen LogP contribution in [-0.4, -0.2) is 31.2 Å². The summed E-state index contributed by atoms with van der Waals surface area (Å²) in [6, 6.07) is 15.4. The fraction of sp³-hybridized carbons (Fsp3) is 0.0417. The second kappa shape index (κ2) is 9.43. The van der Waals surface area contributed by atoms with Gasteiger partial charge in [0.2, 0.25) is 0 Å². The Labute approximate surface area is 204 Å². The molecule has 0 bridgehead atoms. The van der Waals surface area contributed by atoms with E-state index in [-0.39, 0.29) is 27.6 Å². The molecule has 1 aliphatic rings. The van der Waals surface area contributed by atoms with Crippen molar-refractivity contribution in [1.82, 2.24) is 5.32 Å². The molecule has 0 aliphatic carbocycles. The van der Waals surface area contributed by atoms with Crippen LogP contribution in [0.3, 0.4) is 0 Å². The highest BCUT2D eigenvalue weighted by Crippen LogP contribution is 2.25.